The first-order chi connectivity index (χ1) is 13.7. The number of para-hydroxylation sites is 2. The number of anilines is 1. The highest BCUT2D eigenvalue weighted by molar-refractivity contribution is 7.17. The van der Waals surface area contributed by atoms with E-state index >= 15 is 0 Å². The zero-order valence-corrected chi connectivity index (χ0v) is 16.7. The first-order valence-corrected chi connectivity index (χ1v) is 10.6. The van der Waals surface area contributed by atoms with Crippen molar-refractivity contribution in [3.63, 3.8) is 0 Å². The molecule has 2 N–H and O–H groups in total. The van der Waals surface area contributed by atoms with Crippen molar-refractivity contribution >= 4 is 28.2 Å². The van der Waals surface area contributed by atoms with Crippen LogP contribution in [-0.4, -0.2) is 31.1 Å². The largest absolute Gasteiger partial charge is 0.485 e. The molecule has 7 heteroatoms. The highest BCUT2D eigenvalue weighted by Crippen LogP contribution is 2.38. The summed E-state index contributed by atoms with van der Waals surface area (Å²) in [6, 6.07) is 7.29. The van der Waals surface area contributed by atoms with Crippen molar-refractivity contribution in [3.05, 3.63) is 40.3 Å². The quantitative estimate of drug-likeness (QED) is 0.805. The van der Waals surface area contributed by atoms with Crippen molar-refractivity contribution in [1.82, 2.24) is 5.32 Å². The molecule has 1 aliphatic carbocycles. The first-order valence-electron chi connectivity index (χ1n) is 9.79. The number of thiophene rings is 1. The van der Waals surface area contributed by atoms with Crippen molar-refractivity contribution in [2.24, 2.45) is 0 Å². The number of hydrogen-bond acceptors (Lipinski definition) is 5. The summed E-state index contributed by atoms with van der Waals surface area (Å²) >= 11 is 1.51. The summed E-state index contributed by atoms with van der Waals surface area (Å²) in [5.74, 6) is 0.790. The predicted octanol–water partition coefficient (Wildman–Crippen LogP) is 3.55. The smallest absolute Gasteiger partial charge is 0.269 e. The van der Waals surface area contributed by atoms with Crippen molar-refractivity contribution in [3.8, 4) is 11.5 Å². The second-order valence-corrected chi connectivity index (χ2v) is 8.13. The number of ether oxygens (including phenoxy) is 2. The van der Waals surface area contributed by atoms with E-state index in [4.69, 9.17) is 9.47 Å². The van der Waals surface area contributed by atoms with Crippen LogP contribution in [0.5, 0.6) is 11.5 Å². The van der Waals surface area contributed by atoms with E-state index in [1.165, 1.54) is 16.2 Å². The minimum absolute atomic E-state index is 0.109. The predicted molar refractivity (Wildman–Crippen MR) is 109 cm³/mol. The minimum Gasteiger partial charge on any atom is -0.485 e. The molecule has 1 aromatic carbocycles. The van der Waals surface area contributed by atoms with E-state index in [1.807, 2.05) is 25.1 Å². The molecular weight excluding hydrogens is 376 g/mol. The molecule has 2 aliphatic rings. The zero-order chi connectivity index (χ0) is 19.5. The van der Waals surface area contributed by atoms with Crippen LogP contribution in [0.3, 0.4) is 0 Å². The lowest BCUT2D eigenvalue weighted by Gasteiger charge is -2.25. The molecule has 0 saturated heterocycles. The van der Waals surface area contributed by atoms with Crippen LogP contribution in [0.25, 0.3) is 0 Å². The Morgan fingerprint density at radius 1 is 1.18 bits per heavy atom. The van der Waals surface area contributed by atoms with Gasteiger partial charge in [-0.3, -0.25) is 9.59 Å². The number of carbonyl (C=O) groups excluding carboxylic acids is 2. The molecule has 2 amide bonds. The third kappa shape index (κ3) is 3.71. The highest BCUT2D eigenvalue weighted by Gasteiger charge is 2.31. The Bertz CT molecular complexity index is 893. The number of rotatable bonds is 5. The van der Waals surface area contributed by atoms with Crippen molar-refractivity contribution < 1.29 is 19.1 Å². The fraction of sp³-hybridized carbons (Fsp3) is 0.429. The maximum absolute atomic E-state index is 12.8. The third-order valence-corrected chi connectivity index (χ3v) is 6.18. The molecule has 0 saturated carbocycles. The van der Waals surface area contributed by atoms with Crippen LogP contribution in [0, 0.1) is 0 Å². The monoisotopic (exact) mass is 400 g/mol. The van der Waals surface area contributed by atoms with Gasteiger partial charge in [-0.15, -0.1) is 11.3 Å². The molecule has 1 aromatic heterocycles. The van der Waals surface area contributed by atoms with E-state index in [-0.39, 0.29) is 18.4 Å². The third-order valence-electron chi connectivity index (χ3n) is 4.97. The lowest BCUT2D eigenvalue weighted by Crippen LogP contribution is -2.40. The van der Waals surface area contributed by atoms with E-state index in [0.717, 1.165) is 37.7 Å². The van der Waals surface area contributed by atoms with Crippen molar-refractivity contribution in [2.75, 3.05) is 18.5 Å². The topological polar surface area (TPSA) is 76.7 Å². The molecule has 1 aliphatic heterocycles. The van der Waals surface area contributed by atoms with E-state index in [2.05, 4.69) is 10.6 Å². The number of nitrogens with one attached hydrogen (secondary N) is 2. The van der Waals surface area contributed by atoms with Gasteiger partial charge in [-0.1, -0.05) is 19.1 Å². The Kier molecular flexibility index (Phi) is 5.52. The summed E-state index contributed by atoms with van der Waals surface area (Å²) in [6.07, 6.45) is 4.15. The number of benzene rings is 1. The number of hydrogen-bond donors (Lipinski definition) is 2. The second kappa shape index (κ2) is 8.22. The van der Waals surface area contributed by atoms with Crippen LogP contribution >= 0.6 is 11.3 Å². The van der Waals surface area contributed by atoms with Gasteiger partial charge in [0.2, 0.25) is 6.10 Å². The molecule has 6 nitrogen and oxygen atoms in total. The van der Waals surface area contributed by atoms with Gasteiger partial charge in [0.25, 0.3) is 11.8 Å². The summed E-state index contributed by atoms with van der Waals surface area (Å²) in [7, 11) is 0. The first kappa shape index (κ1) is 18.8. The average molecular weight is 401 g/mol. The van der Waals surface area contributed by atoms with Crippen LogP contribution < -0.4 is 20.1 Å². The fourth-order valence-corrected chi connectivity index (χ4v) is 4.85. The molecule has 0 radical (unpaired) electrons. The van der Waals surface area contributed by atoms with Gasteiger partial charge in [-0.2, -0.15) is 0 Å². The number of amides is 2. The summed E-state index contributed by atoms with van der Waals surface area (Å²) < 4.78 is 11.4. The maximum Gasteiger partial charge on any atom is 0.269 e. The number of aryl methyl sites for hydroxylation is 1. The van der Waals surface area contributed by atoms with Crippen LogP contribution in [-0.2, 0) is 17.6 Å². The molecule has 2 heterocycles. The van der Waals surface area contributed by atoms with E-state index < -0.39 is 6.10 Å². The molecule has 28 heavy (non-hydrogen) atoms. The summed E-state index contributed by atoms with van der Waals surface area (Å²) in [4.78, 5) is 26.8. The van der Waals surface area contributed by atoms with Gasteiger partial charge in [0, 0.05) is 11.4 Å². The number of fused-ring (bicyclic) bond motifs is 2. The molecule has 0 spiro atoms. The highest BCUT2D eigenvalue weighted by atomic mass is 32.1. The standard InChI is InChI=1S/C21H24N2O4S/c1-2-11-22-20(25)18-13-7-3-6-10-17(13)28-21(18)23-19(24)16-12-26-14-8-4-5-9-15(14)27-16/h4-5,8-9,16H,2-3,6-7,10-12H2,1H3,(H,22,25)(H,23,24)/t16-/m0/s1. The minimum atomic E-state index is -0.749. The van der Waals surface area contributed by atoms with Gasteiger partial charge >= 0.3 is 0 Å². The van der Waals surface area contributed by atoms with E-state index in [1.54, 1.807) is 6.07 Å². The molecule has 0 fully saturated rings. The fourth-order valence-electron chi connectivity index (χ4n) is 3.56. The summed E-state index contributed by atoms with van der Waals surface area (Å²) in [6.45, 7) is 2.78. The summed E-state index contributed by atoms with van der Waals surface area (Å²) in [5, 5.41) is 6.51. The van der Waals surface area contributed by atoms with E-state index in [9.17, 15) is 9.59 Å². The molecular formula is C21H24N2O4S. The summed E-state index contributed by atoms with van der Waals surface area (Å²) in [5.41, 5.74) is 1.71. The van der Waals surface area contributed by atoms with E-state index in [0.29, 0.717) is 28.6 Å². The Labute approximate surface area is 168 Å². The molecule has 0 unspecified atom stereocenters. The molecule has 0 bridgehead atoms. The Morgan fingerprint density at radius 3 is 2.79 bits per heavy atom. The molecule has 2 aromatic rings. The van der Waals surface area contributed by atoms with Crippen LogP contribution in [0.2, 0.25) is 0 Å². The maximum atomic E-state index is 12.8. The lowest BCUT2D eigenvalue weighted by atomic mass is 9.95. The van der Waals surface area contributed by atoms with Gasteiger partial charge in [-0.05, 0) is 49.8 Å². The molecule has 4 rings (SSSR count). The molecule has 1 atom stereocenters. The second-order valence-electron chi connectivity index (χ2n) is 7.02. The van der Waals surface area contributed by atoms with Crippen molar-refractivity contribution in [2.45, 2.75) is 45.1 Å². The normalized spacial score (nSPS) is 17.5. The van der Waals surface area contributed by atoms with Gasteiger partial charge < -0.3 is 20.1 Å². The van der Waals surface area contributed by atoms with Gasteiger partial charge in [-0.25, -0.2) is 0 Å². The SMILES string of the molecule is CCCNC(=O)c1c(NC(=O)[C@@H]2COc3ccccc3O2)sc2c1CCCC2. The van der Waals surface area contributed by atoms with Crippen LogP contribution in [0.4, 0.5) is 5.00 Å². The Morgan fingerprint density at radius 2 is 1.96 bits per heavy atom. The van der Waals surface area contributed by atoms with Crippen LogP contribution in [0.1, 0.15) is 47.0 Å². The lowest BCUT2D eigenvalue weighted by molar-refractivity contribution is -0.125. The van der Waals surface area contributed by atoms with Crippen LogP contribution in [0.15, 0.2) is 24.3 Å². The Hall–Kier alpha value is -2.54. The van der Waals surface area contributed by atoms with Gasteiger partial charge in [0.05, 0.1) is 5.56 Å². The zero-order valence-electron chi connectivity index (χ0n) is 15.9. The average Bonchev–Trinajstić information content (AvgIpc) is 3.09. The van der Waals surface area contributed by atoms with Crippen molar-refractivity contribution in [1.29, 1.82) is 0 Å². The Balaban J connectivity index is 1.55. The van der Waals surface area contributed by atoms with Gasteiger partial charge in [0.1, 0.15) is 11.6 Å². The number of carbonyl (C=O) groups is 2. The molecule has 148 valence electrons. The van der Waals surface area contributed by atoms with Gasteiger partial charge in [0.15, 0.2) is 11.5 Å².